The quantitative estimate of drug-likeness (QED) is 0.383. The van der Waals surface area contributed by atoms with Crippen molar-refractivity contribution in [3.05, 3.63) is 47.5 Å². The van der Waals surface area contributed by atoms with E-state index in [1.54, 1.807) is 0 Å². The van der Waals surface area contributed by atoms with Crippen molar-refractivity contribution in [2.45, 2.75) is 4.90 Å². The molecule has 0 aliphatic heterocycles. The predicted molar refractivity (Wildman–Crippen MR) is 71.1 cm³/mol. The smallest absolute Gasteiger partial charge is 0.297 e. The number of rotatable bonds is 3. The number of nitrogen functional groups attached to an aromatic ring is 1. The number of anilines is 1. The van der Waals surface area contributed by atoms with Gasteiger partial charge in [-0.05, 0) is 24.3 Å². The van der Waals surface area contributed by atoms with Crippen molar-refractivity contribution in [1.29, 1.82) is 0 Å². The molecule has 0 saturated carbocycles. The maximum atomic E-state index is 13.6. The van der Waals surface area contributed by atoms with E-state index in [4.69, 9.17) is 10.3 Å². The van der Waals surface area contributed by atoms with Gasteiger partial charge in [0.25, 0.3) is 10.1 Å². The van der Waals surface area contributed by atoms with Gasteiger partial charge in [0.15, 0.2) is 23.3 Å². The van der Waals surface area contributed by atoms with Gasteiger partial charge >= 0.3 is 0 Å². The molecule has 122 valence electrons. The minimum atomic E-state index is -4.97. The molecular formula is C12H7F4N3O3S. The molecule has 0 saturated heterocycles. The van der Waals surface area contributed by atoms with E-state index in [1.807, 2.05) is 0 Å². The average Bonchev–Trinajstić information content (AvgIpc) is 2.46. The lowest BCUT2D eigenvalue weighted by Crippen LogP contribution is -2.03. The van der Waals surface area contributed by atoms with Gasteiger partial charge in [-0.3, -0.25) is 4.55 Å². The van der Waals surface area contributed by atoms with Crippen LogP contribution in [-0.2, 0) is 10.1 Å². The normalized spacial score (nSPS) is 12.0. The number of halogens is 4. The summed E-state index contributed by atoms with van der Waals surface area (Å²) in [7, 11) is -4.97. The highest BCUT2D eigenvalue weighted by Gasteiger charge is 2.22. The zero-order valence-corrected chi connectivity index (χ0v) is 11.8. The van der Waals surface area contributed by atoms with Crippen molar-refractivity contribution >= 4 is 27.2 Å². The molecule has 0 atom stereocenters. The number of hydrogen-bond acceptors (Lipinski definition) is 5. The van der Waals surface area contributed by atoms with Crippen LogP contribution >= 0.6 is 0 Å². The van der Waals surface area contributed by atoms with Gasteiger partial charge in [0.2, 0.25) is 0 Å². The van der Waals surface area contributed by atoms with Gasteiger partial charge < -0.3 is 5.73 Å². The summed E-state index contributed by atoms with van der Waals surface area (Å²) in [4.78, 5) is -1.29. The summed E-state index contributed by atoms with van der Waals surface area (Å²) in [6.45, 7) is 0. The molecule has 0 spiro atoms. The van der Waals surface area contributed by atoms with Crippen LogP contribution in [0.2, 0.25) is 0 Å². The Morgan fingerprint density at radius 3 is 1.83 bits per heavy atom. The fourth-order valence-electron chi connectivity index (χ4n) is 1.54. The summed E-state index contributed by atoms with van der Waals surface area (Å²) < 4.78 is 84.2. The van der Waals surface area contributed by atoms with Crippen LogP contribution < -0.4 is 5.73 Å². The molecule has 0 bridgehead atoms. The minimum absolute atomic E-state index is 0.476. The Labute approximate surface area is 127 Å². The van der Waals surface area contributed by atoms with E-state index in [0.29, 0.717) is 12.1 Å². The fourth-order valence-corrected chi connectivity index (χ4v) is 2.09. The molecule has 0 radical (unpaired) electrons. The van der Waals surface area contributed by atoms with Crippen molar-refractivity contribution < 1.29 is 30.5 Å². The average molecular weight is 349 g/mol. The standard InChI is InChI=1S/C12H7F4N3O3S/c13-9-5(17)1-2-6(10(9)14)18-19-7-3-4-8(23(20,21)22)12(16)11(7)15/h1-4H,17H2,(H,20,21,22). The predicted octanol–water partition coefficient (Wildman–Crippen LogP) is 3.49. The molecule has 0 unspecified atom stereocenters. The molecule has 0 heterocycles. The molecule has 23 heavy (non-hydrogen) atoms. The molecule has 2 aromatic carbocycles. The SMILES string of the molecule is Nc1ccc(N=Nc2ccc(S(=O)(=O)O)c(F)c2F)c(F)c1F. The van der Waals surface area contributed by atoms with E-state index >= 15 is 0 Å². The Kier molecular flexibility index (Phi) is 4.34. The number of nitrogens with zero attached hydrogens (tertiary/aromatic N) is 2. The van der Waals surface area contributed by atoms with Crippen LogP contribution in [0.15, 0.2) is 39.4 Å². The first-order chi connectivity index (χ1) is 10.6. The van der Waals surface area contributed by atoms with Gasteiger partial charge in [-0.15, -0.1) is 10.2 Å². The number of hydrogen-bond donors (Lipinski definition) is 2. The lowest BCUT2D eigenvalue weighted by Gasteiger charge is -2.03. The van der Waals surface area contributed by atoms with Crippen LogP contribution in [0.25, 0.3) is 0 Å². The van der Waals surface area contributed by atoms with E-state index in [-0.39, 0.29) is 0 Å². The summed E-state index contributed by atoms with van der Waals surface area (Å²) in [5.41, 5.74) is 3.23. The van der Waals surface area contributed by atoms with E-state index in [9.17, 15) is 26.0 Å². The molecule has 2 rings (SSSR count). The van der Waals surface area contributed by atoms with Gasteiger partial charge in [0.05, 0.1) is 5.69 Å². The largest absolute Gasteiger partial charge is 0.396 e. The molecule has 0 aliphatic carbocycles. The van der Waals surface area contributed by atoms with Crippen molar-refractivity contribution in [2.75, 3.05) is 5.73 Å². The van der Waals surface area contributed by atoms with E-state index < -0.39 is 55.3 Å². The molecule has 0 fully saturated rings. The summed E-state index contributed by atoms with van der Waals surface area (Å²) in [5, 5.41) is 6.39. The third kappa shape index (κ3) is 3.29. The number of benzene rings is 2. The second-order valence-electron chi connectivity index (χ2n) is 4.19. The maximum absolute atomic E-state index is 13.6. The molecule has 0 aliphatic rings. The van der Waals surface area contributed by atoms with E-state index in [0.717, 1.165) is 12.1 Å². The first-order valence-electron chi connectivity index (χ1n) is 5.73. The van der Waals surface area contributed by atoms with Gasteiger partial charge in [-0.25, -0.2) is 17.6 Å². The fraction of sp³-hybridized carbons (Fsp3) is 0. The second kappa shape index (κ2) is 5.93. The number of azo groups is 1. The zero-order chi connectivity index (χ0) is 17.4. The zero-order valence-electron chi connectivity index (χ0n) is 11.0. The lowest BCUT2D eigenvalue weighted by molar-refractivity contribution is 0.454. The second-order valence-corrected chi connectivity index (χ2v) is 5.58. The molecule has 0 amide bonds. The van der Waals surface area contributed by atoms with Gasteiger partial charge in [0, 0.05) is 0 Å². The molecule has 6 nitrogen and oxygen atoms in total. The summed E-state index contributed by atoms with van der Waals surface area (Å²) in [6.07, 6.45) is 0. The van der Waals surface area contributed by atoms with Crippen molar-refractivity contribution in [1.82, 2.24) is 0 Å². The monoisotopic (exact) mass is 349 g/mol. The summed E-state index contributed by atoms with van der Waals surface area (Å²) >= 11 is 0. The Morgan fingerprint density at radius 2 is 1.30 bits per heavy atom. The molecule has 3 N–H and O–H groups in total. The van der Waals surface area contributed by atoms with Gasteiger partial charge in [-0.1, -0.05) is 0 Å². The molecule has 2 aromatic rings. The van der Waals surface area contributed by atoms with E-state index in [1.165, 1.54) is 0 Å². The van der Waals surface area contributed by atoms with Crippen molar-refractivity contribution in [2.24, 2.45) is 10.2 Å². The Balaban J connectivity index is 2.46. The van der Waals surface area contributed by atoms with Crippen LogP contribution in [0.5, 0.6) is 0 Å². The first-order valence-corrected chi connectivity index (χ1v) is 7.17. The maximum Gasteiger partial charge on any atom is 0.297 e. The summed E-state index contributed by atoms with van der Waals surface area (Å²) in [6, 6.07) is 3.18. The Hall–Kier alpha value is -2.53. The first kappa shape index (κ1) is 16.8. The molecular weight excluding hydrogens is 342 g/mol. The minimum Gasteiger partial charge on any atom is -0.396 e. The molecule has 0 aromatic heterocycles. The topological polar surface area (TPSA) is 105 Å². The Morgan fingerprint density at radius 1 is 0.826 bits per heavy atom. The van der Waals surface area contributed by atoms with Crippen LogP contribution in [0.4, 0.5) is 34.6 Å². The highest BCUT2D eigenvalue weighted by molar-refractivity contribution is 7.85. The van der Waals surface area contributed by atoms with Crippen molar-refractivity contribution in [3.63, 3.8) is 0 Å². The van der Waals surface area contributed by atoms with Gasteiger partial charge in [0.1, 0.15) is 16.3 Å². The lowest BCUT2D eigenvalue weighted by atomic mass is 10.2. The third-order valence-electron chi connectivity index (χ3n) is 2.66. The highest BCUT2D eigenvalue weighted by atomic mass is 32.2. The van der Waals surface area contributed by atoms with Crippen LogP contribution in [0, 0.1) is 23.3 Å². The van der Waals surface area contributed by atoms with E-state index in [2.05, 4.69) is 10.2 Å². The number of nitrogens with two attached hydrogens (primary N) is 1. The van der Waals surface area contributed by atoms with Crippen molar-refractivity contribution in [3.8, 4) is 0 Å². The third-order valence-corrected chi connectivity index (χ3v) is 3.53. The van der Waals surface area contributed by atoms with Crippen LogP contribution in [-0.4, -0.2) is 13.0 Å². The van der Waals surface area contributed by atoms with Gasteiger partial charge in [-0.2, -0.15) is 8.42 Å². The van der Waals surface area contributed by atoms with Crippen LogP contribution in [0.3, 0.4) is 0 Å². The summed E-state index contributed by atoms with van der Waals surface area (Å²) in [5.74, 6) is -6.44. The molecule has 11 heteroatoms. The highest BCUT2D eigenvalue weighted by Crippen LogP contribution is 2.29. The Bertz CT molecular complexity index is 916. The van der Waals surface area contributed by atoms with Crippen LogP contribution in [0.1, 0.15) is 0 Å².